The van der Waals surface area contributed by atoms with Crippen LogP contribution in [0.1, 0.15) is 11.1 Å². The second kappa shape index (κ2) is 6.71. The van der Waals surface area contributed by atoms with Crippen LogP contribution in [-0.4, -0.2) is 50.6 Å². The molecule has 0 aliphatic heterocycles. The minimum Gasteiger partial charge on any atom is -0.303 e. The van der Waals surface area contributed by atoms with Gasteiger partial charge in [-0.05, 0) is 21.5 Å². The van der Waals surface area contributed by atoms with E-state index in [9.17, 15) is 0 Å². The van der Waals surface area contributed by atoms with Gasteiger partial charge in [0, 0.05) is 39.3 Å². The van der Waals surface area contributed by atoms with Crippen molar-refractivity contribution in [1.29, 1.82) is 0 Å². The fourth-order valence-electron chi connectivity index (χ4n) is 2.82. The number of rotatable bonds is 4. The van der Waals surface area contributed by atoms with Crippen molar-refractivity contribution in [2.24, 2.45) is 10.2 Å². The molecule has 0 aromatic heterocycles. The molecule has 0 saturated carbocycles. The second-order valence-corrected chi connectivity index (χ2v) is 6.10. The summed E-state index contributed by atoms with van der Waals surface area (Å²) in [7, 11) is 7.72. The van der Waals surface area contributed by atoms with E-state index in [-0.39, 0.29) is 0 Å². The summed E-state index contributed by atoms with van der Waals surface area (Å²) in [5.41, 5.74) is 2.27. The molecule has 122 valence electrons. The molecular weight excluding hydrogens is 296 g/mol. The summed E-state index contributed by atoms with van der Waals surface area (Å²) in [6.45, 7) is 0. The third-order valence-electron chi connectivity index (χ3n) is 3.85. The van der Waals surface area contributed by atoms with Crippen LogP contribution in [0.2, 0.25) is 0 Å². The average molecular weight is 318 g/mol. The second-order valence-electron chi connectivity index (χ2n) is 6.10. The lowest BCUT2D eigenvalue weighted by Crippen LogP contribution is -2.04. The summed E-state index contributed by atoms with van der Waals surface area (Å²) in [6, 6.07) is 16.8. The molecule has 0 spiro atoms. The van der Waals surface area contributed by atoms with Crippen LogP contribution >= 0.6 is 0 Å². The highest BCUT2D eigenvalue weighted by Gasteiger charge is 2.11. The maximum Gasteiger partial charge on any atom is 0.0555 e. The summed E-state index contributed by atoms with van der Waals surface area (Å²) in [5, 5.41) is 17.3. The van der Waals surface area contributed by atoms with Crippen molar-refractivity contribution in [2.75, 3.05) is 28.2 Å². The smallest absolute Gasteiger partial charge is 0.0555 e. The molecule has 0 fully saturated rings. The normalized spacial score (nSPS) is 11.8. The van der Waals surface area contributed by atoms with Gasteiger partial charge >= 0.3 is 0 Å². The first-order chi connectivity index (χ1) is 11.6. The molecular formula is C20H22N4. The summed E-state index contributed by atoms with van der Waals surface area (Å²) < 4.78 is 0. The third-order valence-corrected chi connectivity index (χ3v) is 3.85. The van der Waals surface area contributed by atoms with Crippen LogP contribution in [-0.2, 0) is 0 Å². The van der Waals surface area contributed by atoms with Crippen LogP contribution in [0.3, 0.4) is 0 Å². The Bertz CT molecular complexity index is 790. The fourth-order valence-corrected chi connectivity index (χ4v) is 2.82. The SMILES string of the molecule is CN(C)/N=C/c1c2ccccc2c(/C=N/N(C)C)c2ccccc12. The van der Waals surface area contributed by atoms with Crippen LogP contribution < -0.4 is 0 Å². The molecule has 0 saturated heterocycles. The Morgan fingerprint density at radius 3 is 1.12 bits per heavy atom. The molecule has 0 atom stereocenters. The third kappa shape index (κ3) is 3.08. The number of nitrogens with zero attached hydrogens (tertiary/aromatic N) is 4. The highest BCUT2D eigenvalue weighted by Crippen LogP contribution is 2.31. The van der Waals surface area contributed by atoms with E-state index in [2.05, 4.69) is 58.7 Å². The minimum absolute atomic E-state index is 1.14. The van der Waals surface area contributed by atoms with Crippen molar-refractivity contribution in [2.45, 2.75) is 0 Å². The van der Waals surface area contributed by atoms with Gasteiger partial charge < -0.3 is 10.0 Å². The Hall–Kier alpha value is -2.88. The van der Waals surface area contributed by atoms with Gasteiger partial charge in [0.2, 0.25) is 0 Å². The number of benzene rings is 3. The zero-order chi connectivity index (χ0) is 17.1. The van der Waals surface area contributed by atoms with Crippen molar-refractivity contribution in [3.8, 4) is 0 Å². The van der Waals surface area contributed by atoms with Crippen molar-refractivity contribution >= 4 is 34.0 Å². The predicted octanol–water partition coefficient (Wildman–Crippen LogP) is 3.78. The molecule has 0 unspecified atom stereocenters. The summed E-state index contributed by atoms with van der Waals surface area (Å²) >= 11 is 0. The van der Waals surface area contributed by atoms with E-state index in [4.69, 9.17) is 0 Å². The lowest BCUT2D eigenvalue weighted by Gasteiger charge is -2.13. The van der Waals surface area contributed by atoms with E-state index in [1.807, 2.05) is 50.6 Å². The van der Waals surface area contributed by atoms with Gasteiger partial charge in [0.25, 0.3) is 0 Å². The zero-order valence-electron chi connectivity index (χ0n) is 14.6. The van der Waals surface area contributed by atoms with Crippen molar-refractivity contribution in [1.82, 2.24) is 10.0 Å². The van der Waals surface area contributed by atoms with Crippen LogP contribution in [0.25, 0.3) is 21.5 Å². The van der Waals surface area contributed by atoms with E-state index in [0.29, 0.717) is 0 Å². The number of hydrogen-bond acceptors (Lipinski definition) is 4. The monoisotopic (exact) mass is 318 g/mol. The molecule has 24 heavy (non-hydrogen) atoms. The van der Waals surface area contributed by atoms with E-state index < -0.39 is 0 Å². The minimum atomic E-state index is 1.14. The highest BCUT2D eigenvalue weighted by molar-refractivity contribution is 6.21. The van der Waals surface area contributed by atoms with Crippen LogP contribution in [0, 0.1) is 0 Å². The largest absolute Gasteiger partial charge is 0.303 e. The molecule has 0 aliphatic rings. The Morgan fingerprint density at radius 2 is 0.875 bits per heavy atom. The Kier molecular flexibility index (Phi) is 4.47. The van der Waals surface area contributed by atoms with Gasteiger partial charge in [0.05, 0.1) is 12.4 Å². The molecule has 0 amide bonds. The Balaban J connectivity index is 2.41. The van der Waals surface area contributed by atoms with Crippen molar-refractivity contribution in [3.63, 3.8) is 0 Å². The number of fused-ring (bicyclic) bond motifs is 2. The molecule has 0 bridgehead atoms. The van der Waals surface area contributed by atoms with E-state index in [0.717, 1.165) is 11.1 Å². The Labute approximate surface area is 142 Å². The van der Waals surface area contributed by atoms with Gasteiger partial charge in [-0.2, -0.15) is 10.2 Å². The summed E-state index contributed by atoms with van der Waals surface area (Å²) in [6.07, 6.45) is 3.88. The maximum atomic E-state index is 4.47. The first kappa shape index (κ1) is 16.0. The number of hydrazone groups is 2. The van der Waals surface area contributed by atoms with Gasteiger partial charge in [-0.25, -0.2) is 0 Å². The molecule has 0 radical (unpaired) electrons. The first-order valence-electron chi connectivity index (χ1n) is 7.94. The fraction of sp³-hybridized carbons (Fsp3) is 0.200. The molecule has 0 N–H and O–H groups in total. The van der Waals surface area contributed by atoms with Crippen LogP contribution in [0.5, 0.6) is 0 Å². The molecule has 3 rings (SSSR count). The zero-order valence-corrected chi connectivity index (χ0v) is 14.6. The standard InChI is InChI=1S/C20H22N4/c1-23(2)21-13-19-15-9-5-7-11-17(15)20(14-22-24(3)4)18-12-8-6-10-16(18)19/h5-14H,1-4H3/b21-13+,22-14+. The van der Waals surface area contributed by atoms with Crippen molar-refractivity contribution < 1.29 is 0 Å². The van der Waals surface area contributed by atoms with E-state index >= 15 is 0 Å². The predicted molar refractivity (Wildman–Crippen MR) is 104 cm³/mol. The van der Waals surface area contributed by atoms with E-state index in [1.54, 1.807) is 0 Å². The van der Waals surface area contributed by atoms with Crippen LogP contribution in [0.4, 0.5) is 0 Å². The molecule has 0 heterocycles. The number of hydrogen-bond donors (Lipinski definition) is 0. The van der Waals surface area contributed by atoms with E-state index in [1.165, 1.54) is 21.5 Å². The first-order valence-corrected chi connectivity index (χ1v) is 7.94. The lowest BCUT2D eigenvalue weighted by atomic mass is 9.92. The molecule has 0 aliphatic carbocycles. The average Bonchev–Trinajstić information content (AvgIpc) is 2.57. The van der Waals surface area contributed by atoms with Gasteiger partial charge in [-0.3, -0.25) is 0 Å². The van der Waals surface area contributed by atoms with Gasteiger partial charge in [0.1, 0.15) is 0 Å². The highest BCUT2D eigenvalue weighted by atomic mass is 15.4. The maximum absolute atomic E-state index is 4.47. The van der Waals surface area contributed by atoms with Crippen molar-refractivity contribution in [3.05, 3.63) is 59.7 Å². The molecule has 3 aromatic carbocycles. The molecule has 4 heteroatoms. The Morgan fingerprint density at radius 1 is 0.583 bits per heavy atom. The molecule has 3 aromatic rings. The summed E-state index contributed by atoms with van der Waals surface area (Å²) in [5.74, 6) is 0. The van der Waals surface area contributed by atoms with Gasteiger partial charge in [-0.1, -0.05) is 48.5 Å². The quantitative estimate of drug-likeness (QED) is 0.416. The van der Waals surface area contributed by atoms with Gasteiger partial charge in [0.15, 0.2) is 0 Å². The molecule has 4 nitrogen and oxygen atoms in total. The van der Waals surface area contributed by atoms with Crippen LogP contribution in [0.15, 0.2) is 58.7 Å². The van der Waals surface area contributed by atoms with Gasteiger partial charge in [-0.15, -0.1) is 0 Å². The lowest BCUT2D eigenvalue weighted by molar-refractivity contribution is 0.440. The summed E-state index contributed by atoms with van der Waals surface area (Å²) in [4.78, 5) is 0. The topological polar surface area (TPSA) is 31.2 Å².